The van der Waals surface area contributed by atoms with Crippen LogP contribution in [0.5, 0.6) is 0 Å². The minimum atomic E-state index is -0.781. The van der Waals surface area contributed by atoms with Gasteiger partial charge in [-0.25, -0.2) is 0 Å². The van der Waals surface area contributed by atoms with E-state index in [0.717, 1.165) is 24.6 Å². The molecule has 202 valence electrons. The third-order valence-electron chi connectivity index (χ3n) is 6.38. The molecule has 1 unspecified atom stereocenters. The fraction of sp³-hybridized carbons (Fsp3) is 0.593. The second-order valence-corrected chi connectivity index (χ2v) is 8.99. The van der Waals surface area contributed by atoms with E-state index in [1.54, 1.807) is 13.0 Å². The van der Waals surface area contributed by atoms with Gasteiger partial charge >= 0.3 is 5.97 Å². The van der Waals surface area contributed by atoms with Gasteiger partial charge in [0.1, 0.15) is 6.26 Å². The number of halogens is 1. The number of carbonyl (C=O) groups excluding carboxylic acids is 1. The number of alkyl halides is 1. The number of likely N-dealkylation sites (tertiary alicyclic amines) is 1. The van der Waals surface area contributed by atoms with Crippen LogP contribution in [0.25, 0.3) is 0 Å². The van der Waals surface area contributed by atoms with E-state index in [9.17, 15) is 9.59 Å². The number of nitrogens with one attached hydrogen (secondary N) is 3. The smallest absolute Gasteiger partial charge is 0.310 e. The largest absolute Gasteiger partial charge is 0.481 e. The van der Waals surface area contributed by atoms with Crippen molar-refractivity contribution in [1.29, 1.82) is 0 Å². The lowest BCUT2D eigenvalue weighted by Gasteiger charge is -2.27. The molecule has 0 saturated carbocycles. The molecule has 2 fully saturated rings. The number of nitrogens with zero attached hydrogens (tertiary/aromatic N) is 1. The van der Waals surface area contributed by atoms with E-state index in [1.165, 1.54) is 69.2 Å². The second-order valence-electron chi connectivity index (χ2n) is 8.99. The van der Waals surface area contributed by atoms with Crippen molar-refractivity contribution in [3.63, 3.8) is 0 Å². The molecule has 1 aromatic carbocycles. The van der Waals surface area contributed by atoms with Gasteiger partial charge in [-0.3, -0.25) is 9.59 Å². The standard InChI is InChI=1S/C12H19N3O2.C9H10O2.C5H11N.CH3Cl/c1-2-10-3-6-15(7-4-10)9-12(16)13-11-5-8-17-14-11;1-7(9(10)11)8-5-3-2-4-6-8;1-2-4-6-5-3-1;1-2/h5,8,10H,2-4,6-7,9H2,1H3,(H,13,14,16);2-7H,1H3,(H,10,11);6H,1-5H2;1H3/p+1. The predicted molar refractivity (Wildman–Crippen MR) is 145 cm³/mol. The lowest BCUT2D eigenvalue weighted by molar-refractivity contribution is -0.898. The first-order valence-corrected chi connectivity index (χ1v) is 13.6. The monoisotopic (exact) mass is 523 g/mol. The van der Waals surface area contributed by atoms with Gasteiger partial charge in [-0.05, 0) is 57.2 Å². The minimum absolute atomic E-state index is 0.0175. The quantitative estimate of drug-likeness (QED) is 0.429. The highest BCUT2D eigenvalue weighted by molar-refractivity contribution is 6.15. The van der Waals surface area contributed by atoms with Crippen molar-refractivity contribution < 1.29 is 24.1 Å². The van der Waals surface area contributed by atoms with Gasteiger partial charge in [0, 0.05) is 12.4 Å². The molecule has 0 spiro atoms. The number of aromatic nitrogens is 1. The first-order chi connectivity index (χ1) is 17.5. The van der Waals surface area contributed by atoms with Crippen LogP contribution in [0.3, 0.4) is 0 Å². The van der Waals surface area contributed by atoms with Gasteiger partial charge in [-0.15, -0.1) is 11.6 Å². The van der Waals surface area contributed by atoms with Crippen LogP contribution in [0.1, 0.15) is 63.9 Å². The van der Waals surface area contributed by atoms with Gasteiger partial charge in [-0.2, -0.15) is 0 Å². The topological polar surface area (TPSA) is 109 Å². The predicted octanol–water partition coefficient (Wildman–Crippen LogP) is 3.81. The summed E-state index contributed by atoms with van der Waals surface area (Å²) >= 11 is 4.64. The number of benzene rings is 1. The second kappa shape index (κ2) is 19.7. The Hall–Kier alpha value is -2.42. The van der Waals surface area contributed by atoms with Crippen molar-refractivity contribution in [3.05, 3.63) is 48.2 Å². The molecular weight excluding hydrogens is 480 g/mol. The van der Waals surface area contributed by atoms with Crippen LogP contribution >= 0.6 is 11.6 Å². The fourth-order valence-electron chi connectivity index (χ4n) is 4.05. The molecule has 1 amide bonds. The summed E-state index contributed by atoms with van der Waals surface area (Å²) in [5.74, 6) is 0.187. The van der Waals surface area contributed by atoms with Crippen LogP contribution < -0.4 is 15.5 Å². The van der Waals surface area contributed by atoms with Crippen molar-refractivity contribution in [2.45, 2.75) is 58.3 Å². The molecule has 0 aliphatic carbocycles. The van der Waals surface area contributed by atoms with Gasteiger partial charge < -0.3 is 25.2 Å². The molecule has 3 heterocycles. The maximum atomic E-state index is 11.7. The molecule has 1 aromatic heterocycles. The molecule has 9 heteroatoms. The van der Waals surface area contributed by atoms with Crippen LogP contribution in [0.15, 0.2) is 47.2 Å². The zero-order valence-corrected chi connectivity index (χ0v) is 22.7. The van der Waals surface area contributed by atoms with Crippen LogP contribution in [-0.4, -0.2) is 61.2 Å². The molecule has 0 bridgehead atoms. The number of aliphatic carboxylic acids is 1. The van der Waals surface area contributed by atoms with Gasteiger partial charge in [0.15, 0.2) is 12.4 Å². The molecule has 2 aliphatic heterocycles. The number of carboxylic acids is 1. The van der Waals surface area contributed by atoms with Gasteiger partial charge in [0.25, 0.3) is 5.91 Å². The summed E-state index contributed by atoms with van der Waals surface area (Å²) in [6.07, 6.45) is 10.9. The maximum absolute atomic E-state index is 11.7. The Bertz CT molecular complexity index is 797. The maximum Gasteiger partial charge on any atom is 0.310 e. The zero-order chi connectivity index (χ0) is 26.6. The average Bonchev–Trinajstić information content (AvgIpc) is 3.45. The van der Waals surface area contributed by atoms with E-state index in [0.29, 0.717) is 12.4 Å². The molecule has 0 radical (unpaired) electrons. The third-order valence-corrected chi connectivity index (χ3v) is 6.38. The molecule has 2 aromatic rings. The molecule has 2 aliphatic rings. The van der Waals surface area contributed by atoms with Crippen molar-refractivity contribution in [2.24, 2.45) is 5.92 Å². The lowest BCUT2D eigenvalue weighted by Crippen LogP contribution is -3.14. The van der Waals surface area contributed by atoms with Crippen LogP contribution in [0, 0.1) is 5.92 Å². The number of amides is 1. The van der Waals surface area contributed by atoms with Gasteiger partial charge in [-0.1, -0.05) is 55.3 Å². The molecule has 2 saturated heterocycles. The summed E-state index contributed by atoms with van der Waals surface area (Å²) in [5.41, 5.74) is 0.847. The van der Waals surface area contributed by atoms with E-state index >= 15 is 0 Å². The normalized spacial score (nSPS) is 19.6. The van der Waals surface area contributed by atoms with E-state index in [2.05, 4.69) is 38.8 Å². The number of carboxylic acid groups (broad SMARTS) is 1. The summed E-state index contributed by atoms with van der Waals surface area (Å²) in [6, 6.07) is 10.8. The number of hydrogen-bond donors (Lipinski definition) is 4. The van der Waals surface area contributed by atoms with E-state index in [4.69, 9.17) is 5.11 Å². The van der Waals surface area contributed by atoms with Crippen LogP contribution in [0.4, 0.5) is 5.82 Å². The first kappa shape index (κ1) is 31.6. The van der Waals surface area contributed by atoms with Crippen LogP contribution in [-0.2, 0) is 9.59 Å². The molecule has 4 N–H and O–H groups in total. The highest BCUT2D eigenvalue weighted by atomic mass is 35.5. The van der Waals surface area contributed by atoms with E-state index in [-0.39, 0.29) is 5.91 Å². The Morgan fingerprint density at radius 2 is 1.78 bits per heavy atom. The zero-order valence-electron chi connectivity index (χ0n) is 22.0. The average molecular weight is 524 g/mol. The van der Waals surface area contributed by atoms with Crippen molar-refractivity contribution in [1.82, 2.24) is 10.5 Å². The van der Waals surface area contributed by atoms with E-state index in [1.807, 2.05) is 30.3 Å². The third kappa shape index (κ3) is 13.6. The lowest BCUT2D eigenvalue weighted by atomic mass is 9.94. The van der Waals surface area contributed by atoms with Crippen molar-refractivity contribution in [2.75, 3.05) is 44.4 Å². The van der Waals surface area contributed by atoms with Crippen molar-refractivity contribution >= 4 is 29.3 Å². The summed E-state index contributed by atoms with van der Waals surface area (Å²) in [7, 11) is 0. The number of piperidine rings is 2. The van der Waals surface area contributed by atoms with Gasteiger partial charge in [0.2, 0.25) is 0 Å². The Morgan fingerprint density at radius 3 is 2.22 bits per heavy atom. The Balaban J connectivity index is 0.000000291. The summed E-state index contributed by atoms with van der Waals surface area (Å²) < 4.78 is 4.66. The number of carbonyl (C=O) groups is 2. The molecular formula is C27H44ClN4O4+. The molecule has 8 nitrogen and oxygen atoms in total. The fourth-order valence-corrected chi connectivity index (χ4v) is 4.05. The number of anilines is 1. The molecule has 4 rings (SSSR count). The highest BCUT2D eigenvalue weighted by Gasteiger charge is 2.22. The summed E-state index contributed by atoms with van der Waals surface area (Å²) in [6.45, 7) is 9.16. The first-order valence-electron chi connectivity index (χ1n) is 12.9. The van der Waals surface area contributed by atoms with Gasteiger partial charge in [0.05, 0.1) is 19.0 Å². The minimum Gasteiger partial charge on any atom is -0.481 e. The molecule has 1 atom stereocenters. The highest BCUT2D eigenvalue weighted by Crippen LogP contribution is 2.14. The number of hydrogen-bond acceptors (Lipinski definition) is 5. The Morgan fingerprint density at radius 1 is 1.14 bits per heavy atom. The Kier molecular flexibility index (Phi) is 17.3. The van der Waals surface area contributed by atoms with Crippen molar-refractivity contribution in [3.8, 4) is 0 Å². The summed E-state index contributed by atoms with van der Waals surface area (Å²) in [4.78, 5) is 23.6. The number of quaternary nitrogens is 1. The number of rotatable bonds is 6. The SMILES string of the molecule is C1CCNCC1.CC(C(=O)O)c1ccccc1.CCC1CC[NH+](CC(=O)Nc2ccon2)CC1.CCl. The Labute approximate surface area is 220 Å². The molecule has 36 heavy (non-hydrogen) atoms. The summed E-state index contributed by atoms with van der Waals surface area (Å²) in [5, 5.41) is 18.3. The van der Waals surface area contributed by atoms with E-state index < -0.39 is 11.9 Å². The van der Waals surface area contributed by atoms with Crippen LogP contribution in [0.2, 0.25) is 0 Å².